The molecule has 96 valence electrons. The Morgan fingerprint density at radius 1 is 1.22 bits per heavy atom. The van der Waals surface area contributed by atoms with E-state index in [4.69, 9.17) is 40.5 Å². The van der Waals surface area contributed by atoms with E-state index in [-0.39, 0.29) is 0 Å². The van der Waals surface area contributed by atoms with Crippen LogP contribution in [-0.4, -0.2) is 16.0 Å². The van der Waals surface area contributed by atoms with Crippen LogP contribution in [0.15, 0.2) is 17.2 Å². The molecule has 2 N–H and O–H groups in total. The minimum atomic E-state index is 0.417. The van der Waals surface area contributed by atoms with Gasteiger partial charge in [-0.3, -0.25) is 4.68 Å². The van der Waals surface area contributed by atoms with E-state index in [9.17, 15) is 0 Å². The third kappa shape index (κ3) is 2.30. The molecule has 1 aromatic carbocycles. The Kier molecular flexibility index (Phi) is 4.02. The highest BCUT2D eigenvalue weighted by Gasteiger charge is 2.18. The number of aromatic nitrogens is 2. The molecule has 0 fully saturated rings. The number of benzene rings is 1. The van der Waals surface area contributed by atoms with Crippen LogP contribution in [0.2, 0.25) is 15.1 Å². The number of halogens is 3. The van der Waals surface area contributed by atoms with Gasteiger partial charge >= 0.3 is 0 Å². The van der Waals surface area contributed by atoms with Crippen molar-refractivity contribution < 1.29 is 0 Å². The number of nitrogens with zero attached hydrogens (tertiary/aromatic N) is 2. The van der Waals surface area contributed by atoms with Gasteiger partial charge in [0, 0.05) is 12.6 Å². The molecule has 0 saturated heterocycles. The molecule has 0 unspecified atom stereocenters. The van der Waals surface area contributed by atoms with Crippen molar-refractivity contribution in [2.45, 2.75) is 5.03 Å². The van der Waals surface area contributed by atoms with Crippen molar-refractivity contribution in [2.24, 2.45) is 7.05 Å². The van der Waals surface area contributed by atoms with Crippen molar-refractivity contribution >= 4 is 52.3 Å². The van der Waals surface area contributed by atoms with Crippen LogP contribution in [0, 0.1) is 0 Å². The molecule has 0 aliphatic heterocycles. The summed E-state index contributed by atoms with van der Waals surface area (Å²) in [5.41, 5.74) is 7.52. The van der Waals surface area contributed by atoms with Gasteiger partial charge in [0.25, 0.3) is 0 Å². The van der Waals surface area contributed by atoms with E-state index in [2.05, 4.69) is 5.10 Å². The van der Waals surface area contributed by atoms with E-state index in [1.165, 1.54) is 11.8 Å². The average Bonchev–Trinajstić information content (AvgIpc) is 2.59. The third-order valence-corrected chi connectivity index (χ3v) is 4.44. The standard InChI is InChI=1S/C11H10Cl3N3S/c1-17-11(18-2)9(14)10(16-17)5-3-8(15)7(13)4-6(5)12/h3-4H,15H2,1-2H3. The van der Waals surface area contributed by atoms with Gasteiger partial charge in [0.05, 0.1) is 15.7 Å². The summed E-state index contributed by atoms with van der Waals surface area (Å²) in [4.78, 5) is 0. The van der Waals surface area contributed by atoms with E-state index in [0.29, 0.717) is 32.0 Å². The van der Waals surface area contributed by atoms with Crippen LogP contribution in [0.1, 0.15) is 0 Å². The molecule has 0 radical (unpaired) electrons. The number of hydrogen-bond donors (Lipinski definition) is 1. The highest BCUT2D eigenvalue weighted by molar-refractivity contribution is 7.98. The number of nitrogen functional groups attached to an aromatic ring is 1. The summed E-state index contributed by atoms with van der Waals surface area (Å²) in [5, 5.41) is 6.69. The molecule has 0 aliphatic rings. The van der Waals surface area contributed by atoms with Crippen LogP contribution < -0.4 is 5.73 Å². The molecule has 1 aromatic heterocycles. The highest BCUT2D eigenvalue weighted by atomic mass is 35.5. The molecule has 0 atom stereocenters. The predicted octanol–water partition coefficient (Wildman–Crippen LogP) is 4.35. The highest BCUT2D eigenvalue weighted by Crippen LogP contribution is 2.39. The fraction of sp³-hybridized carbons (Fsp3) is 0.182. The number of anilines is 1. The van der Waals surface area contributed by atoms with Gasteiger partial charge in [0.15, 0.2) is 0 Å². The van der Waals surface area contributed by atoms with Crippen molar-refractivity contribution in [1.29, 1.82) is 0 Å². The molecule has 2 aromatic rings. The molecular weight excluding hydrogens is 313 g/mol. The van der Waals surface area contributed by atoms with E-state index >= 15 is 0 Å². The van der Waals surface area contributed by atoms with Gasteiger partial charge in [-0.1, -0.05) is 34.8 Å². The third-order valence-electron chi connectivity index (χ3n) is 2.47. The van der Waals surface area contributed by atoms with Crippen LogP contribution in [0.5, 0.6) is 0 Å². The summed E-state index contributed by atoms with van der Waals surface area (Å²) in [6.07, 6.45) is 1.94. The van der Waals surface area contributed by atoms with E-state index in [1.54, 1.807) is 16.8 Å². The average molecular weight is 323 g/mol. The first-order chi connectivity index (χ1) is 8.45. The predicted molar refractivity (Wildman–Crippen MR) is 79.9 cm³/mol. The zero-order chi connectivity index (χ0) is 13.4. The minimum Gasteiger partial charge on any atom is -0.398 e. The maximum absolute atomic E-state index is 6.29. The van der Waals surface area contributed by atoms with Crippen molar-refractivity contribution in [3.8, 4) is 11.3 Å². The van der Waals surface area contributed by atoms with Crippen LogP contribution in [0.4, 0.5) is 5.69 Å². The van der Waals surface area contributed by atoms with Gasteiger partial charge in [0.1, 0.15) is 15.7 Å². The Bertz CT molecular complexity index is 610. The summed E-state index contributed by atoms with van der Waals surface area (Å²) in [5.74, 6) is 0. The molecule has 0 spiro atoms. The minimum absolute atomic E-state index is 0.417. The van der Waals surface area contributed by atoms with Crippen LogP contribution in [0.25, 0.3) is 11.3 Å². The molecule has 1 heterocycles. The molecule has 0 aliphatic carbocycles. The smallest absolute Gasteiger partial charge is 0.114 e. The monoisotopic (exact) mass is 321 g/mol. The fourth-order valence-corrected chi connectivity index (χ4v) is 3.17. The molecule has 18 heavy (non-hydrogen) atoms. The normalized spacial score (nSPS) is 10.9. The van der Waals surface area contributed by atoms with Crippen molar-refractivity contribution in [3.63, 3.8) is 0 Å². The molecular formula is C11H10Cl3N3S. The molecule has 7 heteroatoms. The Morgan fingerprint density at radius 2 is 1.89 bits per heavy atom. The lowest BCUT2D eigenvalue weighted by molar-refractivity contribution is 0.702. The number of rotatable bonds is 2. The summed E-state index contributed by atoms with van der Waals surface area (Å²) < 4.78 is 1.71. The zero-order valence-corrected chi connectivity index (χ0v) is 12.8. The van der Waals surface area contributed by atoms with Crippen molar-refractivity contribution in [3.05, 3.63) is 27.2 Å². The molecule has 2 rings (SSSR count). The first-order valence-corrected chi connectivity index (χ1v) is 7.33. The Balaban J connectivity index is 2.66. The van der Waals surface area contributed by atoms with E-state index < -0.39 is 0 Å². The zero-order valence-electron chi connectivity index (χ0n) is 9.67. The summed E-state index contributed by atoms with van der Waals surface area (Å²) in [6, 6.07) is 3.28. The lowest BCUT2D eigenvalue weighted by Crippen LogP contribution is -1.93. The summed E-state index contributed by atoms with van der Waals surface area (Å²) in [7, 11) is 1.83. The van der Waals surface area contributed by atoms with Gasteiger partial charge in [0.2, 0.25) is 0 Å². The fourth-order valence-electron chi connectivity index (χ4n) is 1.62. The summed E-state index contributed by atoms with van der Waals surface area (Å²) >= 11 is 19.9. The Hall–Kier alpha value is -0.550. The first kappa shape index (κ1) is 13.9. The van der Waals surface area contributed by atoms with Gasteiger partial charge in [-0.25, -0.2) is 0 Å². The number of hydrogen-bond acceptors (Lipinski definition) is 3. The lowest BCUT2D eigenvalue weighted by Gasteiger charge is -2.05. The van der Waals surface area contributed by atoms with Gasteiger partial charge in [-0.05, 0) is 18.4 Å². The van der Waals surface area contributed by atoms with Crippen LogP contribution in [-0.2, 0) is 7.05 Å². The van der Waals surface area contributed by atoms with Crippen LogP contribution >= 0.6 is 46.6 Å². The molecule has 0 bridgehead atoms. The quantitative estimate of drug-likeness (QED) is 0.660. The molecule has 0 saturated carbocycles. The Labute approximate surface area is 124 Å². The van der Waals surface area contributed by atoms with E-state index in [1.807, 2.05) is 13.3 Å². The van der Waals surface area contributed by atoms with Gasteiger partial charge in [-0.2, -0.15) is 5.10 Å². The second-order valence-electron chi connectivity index (χ2n) is 3.65. The largest absolute Gasteiger partial charge is 0.398 e. The Morgan fingerprint density at radius 3 is 2.44 bits per heavy atom. The first-order valence-electron chi connectivity index (χ1n) is 4.97. The van der Waals surface area contributed by atoms with Gasteiger partial charge in [-0.15, -0.1) is 11.8 Å². The SMILES string of the molecule is CSc1c(Cl)c(-c2cc(N)c(Cl)cc2Cl)nn1C. The second-order valence-corrected chi connectivity index (χ2v) is 5.64. The number of aryl methyl sites for hydroxylation is 1. The topological polar surface area (TPSA) is 43.8 Å². The van der Waals surface area contributed by atoms with E-state index in [0.717, 1.165) is 5.03 Å². The number of thioether (sulfide) groups is 1. The lowest BCUT2D eigenvalue weighted by atomic mass is 10.1. The maximum Gasteiger partial charge on any atom is 0.114 e. The number of nitrogens with two attached hydrogens (primary N) is 1. The maximum atomic E-state index is 6.29. The summed E-state index contributed by atoms with van der Waals surface area (Å²) in [6.45, 7) is 0. The van der Waals surface area contributed by atoms with Gasteiger partial charge < -0.3 is 5.73 Å². The molecule has 0 amide bonds. The van der Waals surface area contributed by atoms with Crippen LogP contribution in [0.3, 0.4) is 0 Å². The van der Waals surface area contributed by atoms with Crippen molar-refractivity contribution in [2.75, 3.05) is 12.0 Å². The van der Waals surface area contributed by atoms with Crippen molar-refractivity contribution in [1.82, 2.24) is 9.78 Å². The molecule has 3 nitrogen and oxygen atoms in total. The second kappa shape index (κ2) is 5.21.